The lowest BCUT2D eigenvalue weighted by molar-refractivity contribution is 0.147. The third-order valence-electron chi connectivity index (χ3n) is 3.23. The fraction of sp³-hybridized carbons (Fsp3) is 0.200. The summed E-state index contributed by atoms with van der Waals surface area (Å²) in [5.74, 6) is -2.13. The van der Waals surface area contributed by atoms with Crippen LogP contribution < -0.4 is 5.73 Å². The number of nitrogens with two attached hydrogens (primary N) is 1. The maximum Gasteiger partial charge on any atom is 0.126 e. The highest BCUT2D eigenvalue weighted by molar-refractivity contribution is 6.35. The largest absolute Gasteiger partial charge is 0.388 e. The summed E-state index contributed by atoms with van der Waals surface area (Å²) in [4.78, 5) is 0. The molecule has 0 saturated carbocycles. The number of benzene rings is 2. The van der Waals surface area contributed by atoms with Gasteiger partial charge in [-0.25, -0.2) is 8.78 Å². The van der Waals surface area contributed by atoms with Gasteiger partial charge in [0.2, 0.25) is 0 Å². The van der Waals surface area contributed by atoms with Gasteiger partial charge in [-0.05, 0) is 35.4 Å². The van der Waals surface area contributed by atoms with Crippen molar-refractivity contribution in [2.24, 2.45) is 5.73 Å². The zero-order valence-electron chi connectivity index (χ0n) is 10.9. The number of hydrogen-bond donors (Lipinski definition) is 2. The molecule has 2 nitrogen and oxygen atoms in total. The number of aliphatic hydroxyl groups excluding tert-OH is 1. The molecule has 21 heavy (non-hydrogen) atoms. The van der Waals surface area contributed by atoms with Crippen LogP contribution in [0.4, 0.5) is 8.78 Å². The molecule has 0 amide bonds. The van der Waals surface area contributed by atoms with Crippen molar-refractivity contribution in [1.82, 2.24) is 0 Å². The SMILES string of the molecule is NCC(c1cc(F)cc(F)c1)C(O)c1ccc(Cl)cc1Cl. The molecule has 0 spiro atoms. The third kappa shape index (κ3) is 3.71. The molecular weight excluding hydrogens is 319 g/mol. The Morgan fingerprint density at radius 2 is 1.67 bits per heavy atom. The predicted octanol–water partition coefficient (Wildman–Crippen LogP) is 4.05. The Labute approximate surface area is 131 Å². The highest BCUT2D eigenvalue weighted by atomic mass is 35.5. The molecule has 0 heterocycles. The lowest BCUT2D eigenvalue weighted by Gasteiger charge is -2.23. The topological polar surface area (TPSA) is 46.2 Å². The van der Waals surface area contributed by atoms with Crippen LogP contribution in [0, 0.1) is 11.6 Å². The van der Waals surface area contributed by atoms with Crippen LogP contribution in [-0.2, 0) is 0 Å². The molecule has 2 aromatic rings. The number of rotatable bonds is 4. The molecule has 6 heteroatoms. The molecule has 2 aromatic carbocycles. The number of aliphatic hydroxyl groups is 1. The van der Waals surface area contributed by atoms with E-state index in [1.807, 2.05) is 0 Å². The van der Waals surface area contributed by atoms with E-state index in [9.17, 15) is 13.9 Å². The monoisotopic (exact) mass is 331 g/mol. The molecule has 0 aliphatic heterocycles. The fourth-order valence-corrected chi connectivity index (χ4v) is 2.71. The second-order valence-corrected chi connectivity index (χ2v) is 5.50. The van der Waals surface area contributed by atoms with Crippen LogP contribution in [0.25, 0.3) is 0 Å². The minimum Gasteiger partial charge on any atom is -0.388 e. The second kappa shape index (κ2) is 6.71. The normalized spacial score (nSPS) is 14.0. The van der Waals surface area contributed by atoms with Crippen molar-refractivity contribution in [3.8, 4) is 0 Å². The van der Waals surface area contributed by atoms with Gasteiger partial charge >= 0.3 is 0 Å². The van der Waals surface area contributed by atoms with E-state index < -0.39 is 23.7 Å². The van der Waals surface area contributed by atoms with E-state index in [-0.39, 0.29) is 17.1 Å². The third-order valence-corrected chi connectivity index (χ3v) is 3.79. The van der Waals surface area contributed by atoms with Gasteiger partial charge in [0.1, 0.15) is 11.6 Å². The molecule has 0 aromatic heterocycles. The minimum atomic E-state index is -1.10. The van der Waals surface area contributed by atoms with Gasteiger partial charge < -0.3 is 10.8 Å². The maximum atomic E-state index is 13.3. The Balaban J connectivity index is 2.40. The van der Waals surface area contributed by atoms with Crippen LogP contribution in [0.5, 0.6) is 0 Å². The highest BCUT2D eigenvalue weighted by Gasteiger charge is 2.24. The van der Waals surface area contributed by atoms with Crippen LogP contribution in [-0.4, -0.2) is 11.7 Å². The van der Waals surface area contributed by atoms with Crippen molar-refractivity contribution < 1.29 is 13.9 Å². The van der Waals surface area contributed by atoms with Crippen molar-refractivity contribution in [3.63, 3.8) is 0 Å². The Hall–Kier alpha value is -1.20. The summed E-state index contributed by atoms with van der Waals surface area (Å²) in [7, 11) is 0. The van der Waals surface area contributed by atoms with Crippen molar-refractivity contribution in [2.75, 3.05) is 6.54 Å². The van der Waals surface area contributed by atoms with E-state index in [1.54, 1.807) is 12.1 Å². The van der Waals surface area contributed by atoms with Crippen LogP contribution >= 0.6 is 23.2 Å². The first-order valence-electron chi connectivity index (χ1n) is 6.21. The van der Waals surface area contributed by atoms with Crippen LogP contribution in [0.3, 0.4) is 0 Å². The second-order valence-electron chi connectivity index (χ2n) is 4.66. The standard InChI is InChI=1S/C15H13Cl2F2NO/c16-9-1-2-12(14(17)5-9)15(21)13(7-20)8-3-10(18)6-11(19)4-8/h1-6,13,15,21H,7,20H2. The van der Waals surface area contributed by atoms with E-state index in [2.05, 4.69) is 0 Å². The van der Waals surface area contributed by atoms with Crippen molar-refractivity contribution in [3.05, 3.63) is 69.2 Å². The molecule has 0 fully saturated rings. The van der Waals surface area contributed by atoms with Gasteiger partial charge in [0.05, 0.1) is 6.10 Å². The average molecular weight is 332 g/mol. The van der Waals surface area contributed by atoms with Gasteiger partial charge in [-0.1, -0.05) is 29.3 Å². The molecule has 112 valence electrons. The van der Waals surface area contributed by atoms with Crippen molar-refractivity contribution >= 4 is 23.2 Å². The molecule has 2 atom stereocenters. The molecule has 0 aliphatic carbocycles. The van der Waals surface area contributed by atoms with E-state index in [0.717, 1.165) is 18.2 Å². The van der Waals surface area contributed by atoms with E-state index in [4.69, 9.17) is 28.9 Å². The molecule has 0 radical (unpaired) electrons. The quantitative estimate of drug-likeness (QED) is 0.887. The van der Waals surface area contributed by atoms with Crippen molar-refractivity contribution in [1.29, 1.82) is 0 Å². The first-order chi connectivity index (χ1) is 9.92. The van der Waals surface area contributed by atoms with Gasteiger partial charge in [0.25, 0.3) is 0 Å². The Morgan fingerprint density at radius 1 is 1.05 bits per heavy atom. The molecular formula is C15H13Cl2F2NO. The molecule has 3 N–H and O–H groups in total. The van der Waals surface area contributed by atoms with E-state index in [1.165, 1.54) is 6.07 Å². The molecule has 2 rings (SSSR count). The Kier molecular flexibility index (Phi) is 5.17. The highest BCUT2D eigenvalue weighted by Crippen LogP contribution is 2.35. The van der Waals surface area contributed by atoms with Gasteiger partial charge in [0, 0.05) is 28.6 Å². The summed E-state index contributed by atoms with van der Waals surface area (Å²) in [6.45, 7) is 0.00299. The smallest absolute Gasteiger partial charge is 0.126 e. The van der Waals surface area contributed by atoms with Crippen LogP contribution in [0.2, 0.25) is 10.0 Å². The van der Waals surface area contributed by atoms with Gasteiger partial charge in [0.15, 0.2) is 0 Å². The zero-order chi connectivity index (χ0) is 15.6. The summed E-state index contributed by atoms with van der Waals surface area (Å²) in [6, 6.07) is 7.68. The van der Waals surface area contributed by atoms with Gasteiger partial charge in [-0.3, -0.25) is 0 Å². The summed E-state index contributed by atoms with van der Waals surface area (Å²) < 4.78 is 26.6. The van der Waals surface area contributed by atoms with Crippen LogP contribution in [0.15, 0.2) is 36.4 Å². The van der Waals surface area contributed by atoms with Crippen LogP contribution in [0.1, 0.15) is 23.1 Å². The average Bonchev–Trinajstić information content (AvgIpc) is 2.38. The molecule has 0 aliphatic rings. The van der Waals surface area contributed by atoms with Crippen molar-refractivity contribution in [2.45, 2.75) is 12.0 Å². The number of halogens is 4. The van der Waals surface area contributed by atoms with E-state index >= 15 is 0 Å². The summed E-state index contributed by atoms with van der Waals surface area (Å²) in [5.41, 5.74) is 6.32. The summed E-state index contributed by atoms with van der Waals surface area (Å²) >= 11 is 11.8. The zero-order valence-corrected chi connectivity index (χ0v) is 12.4. The first-order valence-corrected chi connectivity index (χ1v) is 6.97. The number of hydrogen-bond acceptors (Lipinski definition) is 2. The Bertz CT molecular complexity index is 631. The van der Waals surface area contributed by atoms with Gasteiger partial charge in [-0.15, -0.1) is 0 Å². The molecule has 2 unspecified atom stereocenters. The lowest BCUT2D eigenvalue weighted by atomic mass is 9.89. The maximum absolute atomic E-state index is 13.3. The molecule has 0 bridgehead atoms. The lowest BCUT2D eigenvalue weighted by Crippen LogP contribution is -2.20. The molecule has 0 saturated heterocycles. The minimum absolute atomic E-state index is 0.00299. The summed E-state index contributed by atoms with van der Waals surface area (Å²) in [5, 5.41) is 11.1. The Morgan fingerprint density at radius 3 is 2.19 bits per heavy atom. The fourth-order valence-electron chi connectivity index (χ4n) is 2.19. The summed E-state index contributed by atoms with van der Waals surface area (Å²) in [6.07, 6.45) is -1.10. The van der Waals surface area contributed by atoms with E-state index in [0.29, 0.717) is 10.6 Å². The van der Waals surface area contributed by atoms with Gasteiger partial charge in [-0.2, -0.15) is 0 Å². The predicted molar refractivity (Wildman–Crippen MR) is 79.6 cm³/mol. The first kappa shape index (κ1) is 16.2.